The maximum absolute atomic E-state index is 11.0. The minimum absolute atomic E-state index is 0.151. The summed E-state index contributed by atoms with van der Waals surface area (Å²) in [5, 5.41) is 0. The van der Waals surface area contributed by atoms with E-state index < -0.39 is 0 Å². The summed E-state index contributed by atoms with van der Waals surface area (Å²) in [5.74, 6) is 0.151. The first-order chi connectivity index (χ1) is 7.88. The fraction of sp³-hybridized carbons (Fsp3) is 0.500. The largest absolute Gasteiger partial charge is 0.372 e. The van der Waals surface area contributed by atoms with E-state index in [9.17, 15) is 4.79 Å². The number of hydrogen-bond donors (Lipinski definition) is 0. The molecule has 2 aliphatic rings. The third kappa shape index (κ3) is 1.53. The molecule has 16 heavy (non-hydrogen) atoms. The first kappa shape index (κ1) is 9.88. The maximum atomic E-state index is 11.0. The van der Waals surface area contributed by atoms with Crippen LogP contribution in [0, 0.1) is 0 Å². The average molecular weight is 215 g/mol. The molecule has 84 valence electrons. The molecule has 0 aromatic heterocycles. The van der Waals surface area contributed by atoms with Gasteiger partial charge in [-0.3, -0.25) is 0 Å². The number of carbonyl (C=O) groups is 1. The van der Waals surface area contributed by atoms with Crippen molar-refractivity contribution >= 4 is 12.0 Å². The van der Waals surface area contributed by atoms with Crippen molar-refractivity contribution in [2.45, 2.75) is 31.6 Å². The van der Waals surface area contributed by atoms with Gasteiger partial charge in [0.25, 0.3) is 0 Å². The predicted molar refractivity (Wildman–Crippen MR) is 65.0 cm³/mol. The highest BCUT2D eigenvalue weighted by Gasteiger charge is 2.23. The Morgan fingerprint density at radius 2 is 2.06 bits per heavy atom. The van der Waals surface area contributed by atoms with Crippen LogP contribution in [0.4, 0.5) is 5.69 Å². The summed E-state index contributed by atoms with van der Waals surface area (Å²) < 4.78 is 0. The van der Waals surface area contributed by atoms with Crippen LogP contribution in [-0.4, -0.2) is 19.4 Å². The molecule has 0 N–H and O–H groups in total. The Morgan fingerprint density at radius 3 is 2.81 bits per heavy atom. The normalized spacial score (nSPS) is 23.5. The molecule has 0 amide bonds. The van der Waals surface area contributed by atoms with E-state index >= 15 is 0 Å². The zero-order valence-corrected chi connectivity index (χ0v) is 9.48. The quantitative estimate of drug-likeness (QED) is 0.706. The van der Waals surface area contributed by atoms with Crippen LogP contribution in [0.3, 0.4) is 0 Å². The molecule has 1 atom stereocenters. The van der Waals surface area contributed by atoms with Gasteiger partial charge in [-0.1, -0.05) is 6.07 Å². The van der Waals surface area contributed by atoms with Crippen LogP contribution in [-0.2, 0) is 11.2 Å². The van der Waals surface area contributed by atoms with E-state index in [4.69, 9.17) is 0 Å². The molecule has 1 aromatic rings. The molecule has 1 saturated heterocycles. The van der Waals surface area contributed by atoms with Crippen LogP contribution in [0.2, 0.25) is 0 Å². The topological polar surface area (TPSA) is 20.3 Å². The molecular formula is C14H17NO. The van der Waals surface area contributed by atoms with Crippen molar-refractivity contribution in [2.75, 3.05) is 18.0 Å². The second-order valence-corrected chi connectivity index (χ2v) is 4.86. The Bertz CT molecular complexity index is 407. The van der Waals surface area contributed by atoms with Gasteiger partial charge in [0.05, 0.1) is 0 Å². The van der Waals surface area contributed by atoms with Crippen molar-refractivity contribution in [3.63, 3.8) is 0 Å². The molecule has 0 spiro atoms. The van der Waals surface area contributed by atoms with Gasteiger partial charge in [0.15, 0.2) is 0 Å². The van der Waals surface area contributed by atoms with E-state index in [-0.39, 0.29) is 5.92 Å². The highest BCUT2D eigenvalue weighted by molar-refractivity contribution is 5.67. The van der Waals surface area contributed by atoms with Crippen LogP contribution < -0.4 is 4.90 Å². The minimum Gasteiger partial charge on any atom is -0.372 e. The Morgan fingerprint density at radius 1 is 1.25 bits per heavy atom. The molecule has 0 radical (unpaired) electrons. The fourth-order valence-electron chi connectivity index (χ4n) is 2.94. The molecule has 2 heteroatoms. The lowest BCUT2D eigenvalue weighted by atomic mass is 10.0. The number of aldehydes is 1. The van der Waals surface area contributed by atoms with Crippen LogP contribution in [0.25, 0.3) is 0 Å². The van der Waals surface area contributed by atoms with Gasteiger partial charge in [-0.2, -0.15) is 0 Å². The summed E-state index contributed by atoms with van der Waals surface area (Å²) in [6, 6.07) is 6.68. The molecule has 1 fully saturated rings. The second-order valence-electron chi connectivity index (χ2n) is 4.86. The molecule has 0 saturated carbocycles. The van der Waals surface area contributed by atoms with Gasteiger partial charge in [-0.15, -0.1) is 0 Å². The van der Waals surface area contributed by atoms with Crippen molar-refractivity contribution in [1.29, 1.82) is 0 Å². The van der Waals surface area contributed by atoms with E-state index in [2.05, 4.69) is 23.1 Å². The molecule has 1 aliphatic carbocycles. The molecular weight excluding hydrogens is 198 g/mol. The lowest BCUT2D eigenvalue weighted by molar-refractivity contribution is -0.109. The number of anilines is 1. The van der Waals surface area contributed by atoms with Crippen LogP contribution in [0.5, 0.6) is 0 Å². The molecule has 1 aliphatic heterocycles. The summed E-state index contributed by atoms with van der Waals surface area (Å²) >= 11 is 0. The number of benzene rings is 1. The summed E-state index contributed by atoms with van der Waals surface area (Å²) in [5.41, 5.74) is 3.96. The van der Waals surface area contributed by atoms with Gasteiger partial charge in [0.1, 0.15) is 6.29 Å². The highest BCUT2D eigenvalue weighted by atomic mass is 16.1. The van der Waals surface area contributed by atoms with Gasteiger partial charge in [-0.25, -0.2) is 0 Å². The lowest BCUT2D eigenvalue weighted by Gasteiger charge is -2.19. The van der Waals surface area contributed by atoms with Crippen molar-refractivity contribution in [2.24, 2.45) is 0 Å². The summed E-state index contributed by atoms with van der Waals surface area (Å²) in [6.07, 6.45) is 5.78. The monoisotopic (exact) mass is 215 g/mol. The van der Waals surface area contributed by atoms with E-state index in [1.165, 1.54) is 42.7 Å². The summed E-state index contributed by atoms with van der Waals surface area (Å²) in [7, 11) is 0. The standard InChI is InChI=1S/C14H17NO/c16-10-12-4-3-11-5-6-13(9-14(11)12)15-7-1-2-8-15/h5-6,9-10,12H,1-4,7-8H2. The molecule has 0 bridgehead atoms. The van der Waals surface area contributed by atoms with Crippen molar-refractivity contribution < 1.29 is 4.79 Å². The number of carbonyl (C=O) groups excluding carboxylic acids is 1. The molecule has 3 rings (SSSR count). The number of nitrogens with zero attached hydrogens (tertiary/aromatic N) is 1. The third-order valence-corrected chi connectivity index (χ3v) is 3.89. The van der Waals surface area contributed by atoms with E-state index in [0.717, 1.165) is 19.1 Å². The number of fused-ring (bicyclic) bond motifs is 1. The van der Waals surface area contributed by atoms with E-state index in [0.29, 0.717) is 0 Å². The van der Waals surface area contributed by atoms with Gasteiger partial charge in [-0.05, 0) is 48.9 Å². The van der Waals surface area contributed by atoms with Gasteiger partial charge < -0.3 is 9.69 Å². The zero-order chi connectivity index (χ0) is 11.0. The van der Waals surface area contributed by atoms with E-state index in [1.54, 1.807) is 0 Å². The first-order valence-electron chi connectivity index (χ1n) is 6.21. The Kier molecular flexibility index (Phi) is 2.43. The zero-order valence-electron chi connectivity index (χ0n) is 9.48. The van der Waals surface area contributed by atoms with Gasteiger partial charge in [0, 0.05) is 24.7 Å². The van der Waals surface area contributed by atoms with Crippen molar-refractivity contribution in [3.8, 4) is 0 Å². The lowest BCUT2D eigenvalue weighted by Crippen LogP contribution is -2.17. The summed E-state index contributed by atoms with van der Waals surface area (Å²) in [6.45, 7) is 2.34. The van der Waals surface area contributed by atoms with Crippen molar-refractivity contribution in [3.05, 3.63) is 29.3 Å². The predicted octanol–water partition coefficient (Wildman–Crippen LogP) is 2.52. The smallest absolute Gasteiger partial charge is 0.127 e. The number of rotatable bonds is 2. The molecule has 1 aromatic carbocycles. The Hall–Kier alpha value is -1.31. The SMILES string of the molecule is O=CC1CCc2ccc(N3CCCC3)cc21. The number of aryl methyl sites for hydroxylation is 1. The summed E-state index contributed by atoms with van der Waals surface area (Å²) in [4.78, 5) is 13.4. The van der Waals surface area contributed by atoms with Gasteiger partial charge >= 0.3 is 0 Å². The van der Waals surface area contributed by atoms with Crippen LogP contribution >= 0.6 is 0 Å². The van der Waals surface area contributed by atoms with E-state index in [1.807, 2.05) is 0 Å². The average Bonchev–Trinajstić information content (AvgIpc) is 2.97. The maximum Gasteiger partial charge on any atom is 0.127 e. The molecule has 1 unspecified atom stereocenters. The second kappa shape index (κ2) is 3.93. The Labute approximate surface area is 96.3 Å². The minimum atomic E-state index is 0.151. The van der Waals surface area contributed by atoms with Gasteiger partial charge in [0.2, 0.25) is 0 Å². The highest BCUT2D eigenvalue weighted by Crippen LogP contribution is 2.35. The van der Waals surface area contributed by atoms with Crippen molar-refractivity contribution in [1.82, 2.24) is 0 Å². The van der Waals surface area contributed by atoms with Crippen LogP contribution in [0.1, 0.15) is 36.3 Å². The van der Waals surface area contributed by atoms with Crippen LogP contribution in [0.15, 0.2) is 18.2 Å². The number of hydrogen-bond acceptors (Lipinski definition) is 2. The fourth-order valence-corrected chi connectivity index (χ4v) is 2.94. The Balaban J connectivity index is 1.94. The molecule has 1 heterocycles. The first-order valence-corrected chi connectivity index (χ1v) is 6.21. The third-order valence-electron chi connectivity index (χ3n) is 3.89. The molecule has 2 nitrogen and oxygen atoms in total.